The van der Waals surface area contributed by atoms with Gasteiger partial charge in [-0.15, -0.1) is 0 Å². The smallest absolute Gasteiger partial charge is 0.320 e. The van der Waals surface area contributed by atoms with Crippen LogP contribution in [0.3, 0.4) is 0 Å². The summed E-state index contributed by atoms with van der Waals surface area (Å²) in [5, 5.41) is 30.9. The Morgan fingerprint density at radius 2 is 2.21 bits per heavy atom. The Hall–Kier alpha value is -2.19. The second-order valence-electron chi connectivity index (χ2n) is 3.85. The number of anilines is 1. The minimum Gasteiger partial charge on any atom is -0.390 e. The number of aromatic nitrogens is 3. The fourth-order valence-electron chi connectivity index (χ4n) is 1.80. The van der Waals surface area contributed by atoms with Crippen LogP contribution in [0, 0.1) is 0 Å². The Kier molecular flexibility index (Phi) is 3.93. The lowest BCUT2D eigenvalue weighted by Crippen LogP contribution is -2.28. The van der Waals surface area contributed by atoms with Crippen molar-refractivity contribution in [1.82, 2.24) is 20.5 Å². The minimum absolute atomic E-state index is 0.228. The topological polar surface area (TPSA) is 123 Å². The predicted molar refractivity (Wildman–Crippen MR) is 68.4 cm³/mol. The number of nitrogens with zero attached hydrogens (tertiary/aromatic N) is 2. The Labute approximate surface area is 108 Å². The zero-order valence-electron chi connectivity index (χ0n) is 10.4. The third kappa shape index (κ3) is 2.64. The average Bonchev–Trinajstić information content (AvgIpc) is 2.81. The van der Waals surface area contributed by atoms with Crippen molar-refractivity contribution in [3.8, 4) is 0 Å². The first-order chi connectivity index (χ1) is 9.19. The van der Waals surface area contributed by atoms with Gasteiger partial charge < -0.3 is 15.5 Å². The molecular weight excluding hydrogens is 250 g/mol. The van der Waals surface area contributed by atoms with Crippen LogP contribution < -0.4 is 10.6 Å². The Bertz CT molecular complexity index is 595. The standard InChI is InChI=1S/C11H15N5O3/c1-2-12-11(19)14-9-3-6-10(7(4-17)13-9)8(5-18)16-15-6/h3,17-18H,2,4-5H2,1H3,(H,15,16)(H2,12,13,14,19). The molecule has 2 rings (SSSR count). The first-order valence-corrected chi connectivity index (χ1v) is 5.83. The maximum atomic E-state index is 11.4. The lowest BCUT2D eigenvalue weighted by Gasteiger charge is -2.07. The molecule has 8 nitrogen and oxygen atoms in total. The van der Waals surface area contributed by atoms with E-state index in [9.17, 15) is 9.90 Å². The molecule has 8 heteroatoms. The zero-order chi connectivity index (χ0) is 13.8. The van der Waals surface area contributed by atoms with Crippen LogP contribution in [-0.2, 0) is 13.2 Å². The van der Waals surface area contributed by atoms with E-state index in [4.69, 9.17) is 5.11 Å². The van der Waals surface area contributed by atoms with Crippen LogP contribution in [0.25, 0.3) is 10.9 Å². The van der Waals surface area contributed by atoms with Crippen molar-refractivity contribution in [3.63, 3.8) is 0 Å². The normalized spacial score (nSPS) is 10.7. The van der Waals surface area contributed by atoms with E-state index in [-0.39, 0.29) is 19.2 Å². The quantitative estimate of drug-likeness (QED) is 0.536. The molecule has 2 heterocycles. The summed E-state index contributed by atoms with van der Waals surface area (Å²) in [6, 6.07) is 1.19. The van der Waals surface area contributed by atoms with Gasteiger partial charge in [0.25, 0.3) is 0 Å². The fourth-order valence-corrected chi connectivity index (χ4v) is 1.80. The number of nitrogens with one attached hydrogen (secondary N) is 3. The highest BCUT2D eigenvalue weighted by molar-refractivity contribution is 5.92. The molecule has 2 aromatic rings. The third-order valence-corrected chi connectivity index (χ3v) is 2.57. The van der Waals surface area contributed by atoms with Gasteiger partial charge in [0.1, 0.15) is 5.82 Å². The first kappa shape index (κ1) is 13.2. The summed E-state index contributed by atoms with van der Waals surface area (Å²) in [5.41, 5.74) is 1.35. The van der Waals surface area contributed by atoms with Gasteiger partial charge in [0, 0.05) is 18.0 Å². The maximum absolute atomic E-state index is 11.4. The highest BCUT2D eigenvalue weighted by Crippen LogP contribution is 2.22. The van der Waals surface area contributed by atoms with E-state index >= 15 is 0 Å². The van der Waals surface area contributed by atoms with Crippen molar-refractivity contribution in [2.24, 2.45) is 0 Å². The van der Waals surface area contributed by atoms with Crippen LogP contribution in [0.2, 0.25) is 0 Å². The highest BCUT2D eigenvalue weighted by atomic mass is 16.3. The minimum atomic E-state index is -0.379. The molecule has 0 spiro atoms. The van der Waals surface area contributed by atoms with Gasteiger partial charge in [-0.25, -0.2) is 9.78 Å². The number of aliphatic hydroxyl groups excluding tert-OH is 2. The molecule has 0 radical (unpaired) electrons. The van der Waals surface area contributed by atoms with Gasteiger partial charge in [-0.2, -0.15) is 5.10 Å². The maximum Gasteiger partial charge on any atom is 0.320 e. The van der Waals surface area contributed by atoms with E-state index in [0.29, 0.717) is 34.7 Å². The second-order valence-corrected chi connectivity index (χ2v) is 3.85. The van der Waals surface area contributed by atoms with Crippen molar-refractivity contribution < 1.29 is 15.0 Å². The number of carbonyl (C=O) groups is 1. The molecule has 102 valence electrons. The number of pyridine rings is 1. The van der Waals surface area contributed by atoms with Crippen molar-refractivity contribution in [2.75, 3.05) is 11.9 Å². The SMILES string of the molecule is CCNC(=O)Nc1cc2n[nH]c(CO)c2c(CO)n1. The van der Waals surface area contributed by atoms with Gasteiger partial charge in [-0.05, 0) is 6.92 Å². The number of aliphatic hydroxyl groups is 2. The number of rotatable bonds is 4. The summed E-state index contributed by atoms with van der Waals surface area (Å²) >= 11 is 0. The number of fused-ring (bicyclic) bond motifs is 1. The molecule has 0 saturated carbocycles. The molecule has 0 saturated heterocycles. The summed E-state index contributed by atoms with van der Waals surface area (Å²) in [6.07, 6.45) is 0. The number of amides is 2. The molecule has 2 amide bonds. The molecule has 0 aromatic carbocycles. The predicted octanol–water partition coefficient (Wildman–Crippen LogP) is 0.0839. The lowest BCUT2D eigenvalue weighted by atomic mass is 10.2. The summed E-state index contributed by atoms with van der Waals surface area (Å²) in [4.78, 5) is 15.5. The molecule has 0 atom stereocenters. The van der Waals surface area contributed by atoms with Gasteiger partial charge >= 0.3 is 6.03 Å². The molecule has 0 aliphatic heterocycles. The van der Waals surface area contributed by atoms with Crippen molar-refractivity contribution in [3.05, 3.63) is 17.5 Å². The monoisotopic (exact) mass is 265 g/mol. The molecular formula is C11H15N5O3. The largest absolute Gasteiger partial charge is 0.390 e. The number of hydrogen-bond acceptors (Lipinski definition) is 5. The molecule has 0 unspecified atom stereocenters. The summed E-state index contributed by atoms with van der Waals surface area (Å²) in [5.74, 6) is 0.290. The van der Waals surface area contributed by atoms with Crippen molar-refractivity contribution in [1.29, 1.82) is 0 Å². The Balaban J connectivity index is 2.40. The average molecular weight is 265 g/mol. The number of urea groups is 1. The van der Waals surface area contributed by atoms with Crippen LogP contribution >= 0.6 is 0 Å². The van der Waals surface area contributed by atoms with Gasteiger partial charge in [0.15, 0.2) is 0 Å². The summed E-state index contributed by atoms with van der Waals surface area (Å²) in [6.45, 7) is 1.76. The molecule has 0 bridgehead atoms. The molecule has 2 aromatic heterocycles. The summed E-state index contributed by atoms with van der Waals surface area (Å²) in [7, 11) is 0. The number of aromatic amines is 1. The van der Waals surface area contributed by atoms with E-state index in [1.54, 1.807) is 13.0 Å². The molecule has 0 fully saturated rings. The molecule has 0 aliphatic carbocycles. The van der Waals surface area contributed by atoms with Crippen LogP contribution in [0.5, 0.6) is 0 Å². The van der Waals surface area contributed by atoms with E-state index in [2.05, 4.69) is 25.8 Å². The number of carbonyl (C=O) groups excluding carboxylic acids is 1. The third-order valence-electron chi connectivity index (χ3n) is 2.57. The summed E-state index contributed by atoms with van der Waals surface area (Å²) < 4.78 is 0. The number of H-pyrrole nitrogens is 1. The molecule has 0 aliphatic rings. The van der Waals surface area contributed by atoms with E-state index < -0.39 is 0 Å². The van der Waals surface area contributed by atoms with Crippen LogP contribution in [0.4, 0.5) is 10.6 Å². The van der Waals surface area contributed by atoms with E-state index in [1.807, 2.05) is 0 Å². The second kappa shape index (κ2) is 5.63. The van der Waals surface area contributed by atoms with Gasteiger partial charge in [0.2, 0.25) is 0 Å². The van der Waals surface area contributed by atoms with Gasteiger partial charge in [0.05, 0.1) is 30.1 Å². The molecule has 5 N–H and O–H groups in total. The Morgan fingerprint density at radius 3 is 2.84 bits per heavy atom. The highest BCUT2D eigenvalue weighted by Gasteiger charge is 2.13. The van der Waals surface area contributed by atoms with Crippen LogP contribution in [0.1, 0.15) is 18.3 Å². The lowest BCUT2D eigenvalue weighted by molar-refractivity contribution is 0.252. The van der Waals surface area contributed by atoms with E-state index in [1.165, 1.54) is 0 Å². The molecule has 19 heavy (non-hydrogen) atoms. The van der Waals surface area contributed by atoms with Crippen molar-refractivity contribution >= 4 is 22.8 Å². The first-order valence-electron chi connectivity index (χ1n) is 5.83. The van der Waals surface area contributed by atoms with Crippen LogP contribution in [-0.4, -0.2) is 38.0 Å². The number of hydrogen-bond donors (Lipinski definition) is 5. The van der Waals surface area contributed by atoms with Crippen LogP contribution in [0.15, 0.2) is 6.07 Å². The van der Waals surface area contributed by atoms with E-state index in [0.717, 1.165) is 0 Å². The van der Waals surface area contributed by atoms with Gasteiger partial charge in [-0.3, -0.25) is 10.4 Å². The van der Waals surface area contributed by atoms with Crippen molar-refractivity contribution in [2.45, 2.75) is 20.1 Å². The van der Waals surface area contributed by atoms with Gasteiger partial charge in [-0.1, -0.05) is 0 Å². The zero-order valence-corrected chi connectivity index (χ0v) is 10.4. The fraction of sp³-hybridized carbons (Fsp3) is 0.364. The Morgan fingerprint density at radius 1 is 1.42 bits per heavy atom.